The highest BCUT2D eigenvalue weighted by Crippen LogP contribution is 2.32. The van der Waals surface area contributed by atoms with E-state index in [0.717, 1.165) is 18.4 Å². The van der Waals surface area contributed by atoms with Crippen LogP contribution in [0.5, 0.6) is 0 Å². The third-order valence-corrected chi connectivity index (χ3v) is 3.34. The van der Waals surface area contributed by atoms with Gasteiger partial charge >= 0.3 is 0 Å². The first-order valence-electron chi connectivity index (χ1n) is 4.84. The summed E-state index contributed by atoms with van der Waals surface area (Å²) < 4.78 is 0. The molecule has 1 saturated heterocycles. The maximum atomic E-state index is 6.14. The summed E-state index contributed by atoms with van der Waals surface area (Å²) >= 11 is 0. The lowest BCUT2D eigenvalue weighted by molar-refractivity contribution is 0.215. The molecule has 1 heterocycles. The van der Waals surface area contributed by atoms with Crippen LogP contribution in [-0.2, 0) is 0 Å². The molecular formula is C9H18N2. The van der Waals surface area contributed by atoms with Crippen LogP contribution in [0.2, 0.25) is 0 Å². The van der Waals surface area contributed by atoms with Gasteiger partial charge in [-0.1, -0.05) is 6.42 Å². The van der Waals surface area contributed by atoms with Crippen LogP contribution in [0, 0.1) is 11.8 Å². The van der Waals surface area contributed by atoms with Crippen molar-refractivity contribution in [3.05, 3.63) is 0 Å². The normalized spacial score (nSPS) is 35.2. The average molecular weight is 154 g/mol. The highest BCUT2D eigenvalue weighted by molar-refractivity contribution is 4.88. The second kappa shape index (κ2) is 3.11. The summed E-state index contributed by atoms with van der Waals surface area (Å²) in [7, 11) is 0. The summed E-state index contributed by atoms with van der Waals surface area (Å²) in [5.74, 6) is 1.64. The Morgan fingerprint density at radius 2 is 2.00 bits per heavy atom. The number of hydrogen-bond donors (Lipinski definition) is 2. The zero-order valence-electron chi connectivity index (χ0n) is 7.05. The van der Waals surface area contributed by atoms with Gasteiger partial charge in [-0.05, 0) is 44.2 Å². The number of hydrogen-bond acceptors (Lipinski definition) is 2. The number of nitrogens with two attached hydrogens (primary N) is 1. The Balaban J connectivity index is 1.82. The summed E-state index contributed by atoms with van der Waals surface area (Å²) in [5.41, 5.74) is 6.14. The first-order valence-corrected chi connectivity index (χ1v) is 4.84. The van der Waals surface area contributed by atoms with Crippen LogP contribution in [-0.4, -0.2) is 19.1 Å². The number of rotatable bonds is 2. The van der Waals surface area contributed by atoms with Crippen LogP contribution in [0.1, 0.15) is 25.7 Å². The molecule has 0 spiro atoms. The summed E-state index contributed by atoms with van der Waals surface area (Å²) in [6.45, 7) is 2.35. The van der Waals surface area contributed by atoms with Crippen molar-refractivity contribution in [2.24, 2.45) is 17.6 Å². The first-order chi connectivity index (χ1) is 5.38. The second-order valence-corrected chi connectivity index (χ2v) is 4.02. The zero-order chi connectivity index (χ0) is 7.68. The molecule has 0 aromatic heterocycles. The molecule has 2 heteroatoms. The lowest BCUT2D eigenvalue weighted by atomic mass is 9.75. The van der Waals surface area contributed by atoms with E-state index in [1.54, 1.807) is 0 Å². The predicted molar refractivity (Wildman–Crippen MR) is 46.3 cm³/mol. The fourth-order valence-corrected chi connectivity index (χ4v) is 2.22. The largest absolute Gasteiger partial charge is 0.327 e. The zero-order valence-corrected chi connectivity index (χ0v) is 7.05. The van der Waals surface area contributed by atoms with E-state index in [1.165, 1.54) is 32.2 Å². The molecule has 1 aliphatic heterocycles. The molecular weight excluding hydrogens is 136 g/mol. The van der Waals surface area contributed by atoms with Crippen molar-refractivity contribution in [3.8, 4) is 0 Å². The van der Waals surface area contributed by atoms with Crippen LogP contribution in [0.4, 0.5) is 0 Å². The van der Waals surface area contributed by atoms with Crippen molar-refractivity contribution in [1.82, 2.24) is 5.32 Å². The van der Waals surface area contributed by atoms with Gasteiger partial charge in [-0.3, -0.25) is 0 Å². The molecule has 2 atom stereocenters. The van der Waals surface area contributed by atoms with Crippen LogP contribution in [0.15, 0.2) is 0 Å². The van der Waals surface area contributed by atoms with Gasteiger partial charge in [0, 0.05) is 6.04 Å². The van der Waals surface area contributed by atoms with Crippen molar-refractivity contribution in [2.45, 2.75) is 31.7 Å². The molecule has 1 saturated carbocycles. The molecule has 11 heavy (non-hydrogen) atoms. The summed E-state index contributed by atoms with van der Waals surface area (Å²) in [4.78, 5) is 0. The van der Waals surface area contributed by atoms with E-state index in [0.29, 0.717) is 6.04 Å². The molecule has 2 nitrogen and oxygen atoms in total. The van der Waals surface area contributed by atoms with E-state index in [9.17, 15) is 0 Å². The summed E-state index contributed by atoms with van der Waals surface area (Å²) in [5, 5.41) is 3.38. The third kappa shape index (κ3) is 1.42. The molecule has 0 aromatic rings. The minimum atomic E-state index is 0.499. The highest BCUT2D eigenvalue weighted by atomic mass is 14.9. The molecule has 2 rings (SSSR count). The van der Waals surface area contributed by atoms with E-state index < -0.39 is 0 Å². The first kappa shape index (κ1) is 7.56. The van der Waals surface area contributed by atoms with Crippen molar-refractivity contribution in [2.75, 3.05) is 13.1 Å². The topological polar surface area (TPSA) is 38.0 Å². The molecule has 1 aliphatic carbocycles. The molecule has 2 fully saturated rings. The minimum Gasteiger partial charge on any atom is -0.327 e. The number of nitrogens with one attached hydrogen (secondary N) is 1. The summed E-state index contributed by atoms with van der Waals surface area (Å²) in [6.07, 6.45) is 5.49. The Labute approximate surface area is 68.5 Å². The molecule has 0 aromatic carbocycles. The molecule has 0 radical (unpaired) electrons. The quantitative estimate of drug-likeness (QED) is 0.615. The van der Waals surface area contributed by atoms with E-state index >= 15 is 0 Å². The van der Waals surface area contributed by atoms with Crippen molar-refractivity contribution in [1.29, 1.82) is 0 Å². The van der Waals surface area contributed by atoms with E-state index in [4.69, 9.17) is 5.73 Å². The molecule has 2 unspecified atom stereocenters. The lowest BCUT2D eigenvalue weighted by Crippen LogP contribution is -2.41. The van der Waals surface area contributed by atoms with Crippen LogP contribution in [0.25, 0.3) is 0 Å². The highest BCUT2D eigenvalue weighted by Gasteiger charge is 2.31. The van der Waals surface area contributed by atoms with Gasteiger partial charge in [-0.25, -0.2) is 0 Å². The van der Waals surface area contributed by atoms with Gasteiger partial charge in [0.2, 0.25) is 0 Å². The smallest absolute Gasteiger partial charge is 0.0108 e. The van der Waals surface area contributed by atoms with Crippen molar-refractivity contribution < 1.29 is 0 Å². The fraction of sp³-hybridized carbons (Fsp3) is 1.00. The van der Waals surface area contributed by atoms with Gasteiger partial charge < -0.3 is 11.1 Å². The van der Waals surface area contributed by atoms with E-state index in [1.807, 2.05) is 0 Å². The molecule has 64 valence electrons. The summed E-state index contributed by atoms with van der Waals surface area (Å²) in [6, 6.07) is 0.499. The average Bonchev–Trinajstić information content (AvgIpc) is 2.32. The second-order valence-electron chi connectivity index (χ2n) is 4.02. The van der Waals surface area contributed by atoms with Crippen LogP contribution in [0.3, 0.4) is 0 Å². The van der Waals surface area contributed by atoms with E-state index in [-0.39, 0.29) is 0 Å². The van der Waals surface area contributed by atoms with Crippen LogP contribution >= 0.6 is 0 Å². The van der Waals surface area contributed by atoms with Crippen molar-refractivity contribution in [3.63, 3.8) is 0 Å². The van der Waals surface area contributed by atoms with Gasteiger partial charge in [-0.15, -0.1) is 0 Å². The maximum Gasteiger partial charge on any atom is 0.0108 e. The Kier molecular flexibility index (Phi) is 2.14. The van der Waals surface area contributed by atoms with Gasteiger partial charge in [0.1, 0.15) is 0 Å². The van der Waals surface area contributed by atoms with Gasteiger partial charge in [0.15, 0.2) is 0 Å². The monoisotopic (exact) mass is 154 g/mol. The Morgan fingerprint density at radius 1 is 1.18 bits per heavy atom. The van der Waals surface area contributed by atoms with Gasteiger partial charge in [0.05, 0.1) is 0 Å². The Bertz CT molecular complexity index is 126. The SMILES string of the molecule is NC(C1CCC1)C1CCNC1. The van der Waals surface area contributed by atoms with Crippen molar-refractivity contribution >= 4 is 0 Å². The standard InChI is InChI=1S/C9H18N2/c10-9(7-2-1-3-7)8-4-5-11-6-8/h7-9,11H,1-6,10H2. The maximum absolute atomic E-state index is 6.14. The molecule has 2 aliphatic rings. The van der Waals surface area contributed by atoms with Gasteiger partial charge in [-0.2, -0.15) is 0 Å². The molecule has 0 bridgehead atoms. The Hall–Kier alpha value is -0.0800. The van der Waals surface area contributed by atoms with Crippen LogP contribution < -0.4 is 11.1 Å². The van der Waals surface area contributed by atoms with Gasteiger partial charge in [0.25, 0.3) is 0 Å². The Morgan fingerprint density at radius 3 is 2.45 bits per heavy atom. The predicted octanol–water partition coefficient (Wildman–Crippen LogP) is 0.723. The molecule has 3 N–H and O–H groups in total. The lowest BCUT2D eigenvalue weighted by Gasteiger charge is -2.34. The van der Waals surface area contributed by atoms with E-state index in [2.05, 4.69) is 5.32 Å². The fourth-order valence-electron chi connectivity index (χ4n) is 2.22. The molecule has 0 amide bonds. The third-order valence-electron chi connectivity index (χ3n) is 3.34. The minimum absolute atomic E-state index is 0.499.